The van der Waals surface area contributed by atoms with Crippen LogP contribution in [0.15, 0.2) is 30.7 Å². The molecule has 0 spiro atoms. The molecule has 2 aromatic rings. The van der Waals surface area contributed by atoms with E-state index >= 15 is 0 Å². The van der Waals surface area contributed by atoms with E-state index in [0.717, 1.165) is 29.0 Å². The molecule has 0 saturated heterocycles. The van der Waals surface area contributed by atoms with E-state index in [4.69, 9.17) is 9.84 Å². The molecule has 1 aromatic heterocycles. The van der Waals surface area contributed by atoms with Crippen LogP contribution in [0.2, 0.25) is 0 Å². The summed E-state index contributed by atoms with van der Waals surface area (Å²) >= 11 is 0. The van der Waals surface area contributed by atoms with Crippen LogP contribution >= 0.6 is 0 Å². The molecule has 0 aliphatic carbocycles. The second-order valence-electron chi connectivity index (χ2n) is 4.21. The molecule has 0 aliphatic rings. The molecule has 1 N–H and O–H groups in total. The zero-order chi connectivity index (χ0) is 13.8. The summed E-state index contributed by atoms with van der Waals surface area (Å²) in [7, 11) is 1.65. The summed E-state index contributed by atoms with van der Waals surface area (Å²) in [6, 6.07) is 5.85. The van der Waals surface area contributed by atoms with Gasteiger partial charge in [-0.3, -0.25) is 4.79 Å². The first-order valence-corrected chi connectivity index (χ1v) is 6.05. The third-order valence-corrected chi connectivity index (χ3v) is 2.91. The first-order chi connectivity index (χ1) is 9.13. The summed E-state index contributed by atoms with van der Waals surface area (Å²) in [5.74, 6) is -0.0239. The number of aromatic nitrogens is 2. The molecule has 0 fully saturated rings. The lowest BCUT2D eigenvalue weighted by atomic mass is 10.1. The molecule has 1 heterocycles. The molecule has 100 valence electrons. The number of carboxylic acid groups (broad SMARTS) is 1. The molecule has 0 bridgehead atoms. The molecule has 0 radical (unpaired) electrons. The standard InChI is InChI=1S/C14H16N2O3/c1-3-10-6-11(4-5-13(10)19-2)12-7-16(9-15-12)8-14(17)18/h4-7,9H,3,8H2,1-2H3,(H,17,18). The van der Waals surface area contributed by atoms with Gasteiger partial charge in [0.15, 0.2) is 0 Å². The third kappa shape index (κ3) is 2.93. The fourth-order valence-electron chi connectivity index (χ4n) is 1.97. The van der Waals surface area contributed by atoms with Gasteiger partial charge >= 0.3 is 5.97 Å². The largest absolute Gasteiger partial charge is 0.496 e. The summed E-state index contributed by atoms with van der Waals surface area (Å²) < 4.78 is 6.83. The van der Waals surface area contributed by atoms with E-state index in [1.165, 1.54) is 6.33 Å². The van der Waals surface area contributed by atoms with E-state index in [9.17, 15) is 4.79 Å². The van der Waals surface area contributed by atoms with Crippen LogP contribution in [0.25, 0.3) is 11.3 Å². The van der Waals surface area contributed by atoms with Gasteiger partial charge in [0.2, 0.25) is 0 Å². The Hall–Kier alpha value is -2.30. The van der Waals surface area contributed by atoms with Crippen molar-refractivity contribution in [1.29, 1.82) is 0 Å². The smallest absolute Gasteiger partial charge is 0.323 e. The summed E-state index contributed by atoms with van der Waals surface area (Å²) in [4.78, 5) is 14.9. The number of carbonyl (C=O) groups is 1. The topological polar surface area (TPSA) is 64.4 Å². The van der Waals surface area contributed by atoms with Crippen molar-refractivity contribution in [3.8, 4) is 17.0 Å². The van der Waals surface area contributed by atoms with Gasteiger partial charge in [-0.05, 0) is 30.2 Å². The molecule has 1 aromatic carbocycles. The van der Waals surface area contributed by atoms with Crippen molar-refractivity contribution < 1.29 is 14.6 Å². The van der Waals surface area contributed by atoms with E-state index in [2.05, 4.69) is 11.9 Å². The number of benzene rings is 1. The van der Waals surface area contributed by atoms with E-state index < -0.39 is 5.97 Å². The molecule has 5 heteroatoms. The van der Waals surface area contributed by atoms with Gasteiger partial charge < -0.3 is 14.4 Å². The fourth-order valence-corrected chi connectivity index (χ4v) is 1.97. The summed E-state index contributed by atoms with van der Waals surface area (Å²) in [6.07, 6.45) is 4.13. The Labute approximate surface area is 111 Å². The minimum absolute atomic E-state index is 0.0796. The predicted molar refractivity (Wildman–Crippen MR) is 71.2 cm³/mol. The molecular weight excluding hydrogens is 244 g/mol. The number of aliphatic carboxylic acids is 1. The average molecular weight is 260 g/mol. The molecule has 5 nitrogen and oxygen atoms in total. The molecule has 0 aliphatic heterocycles. The van der Waals surface area contributed by atoms with Crippen molar-refractivity contribution in [3.05, 3.63) is 36.3 Å². The van der Waals surface area contributed by atoms with Gasteiger partial charge in [-0.2, -0.15) is 0 Å². The summed E-state index contributed by atoms with van der Waals surface area (Å²) in [5.41, 5.74) is 2.83. The lowest BCUT2D eigenvalue weighted by Crippen LogP contribution is -2.06. The Kier molecular flexibility index (Phi) is 3.85. The van der Waals surface area contributed by atoms with Crippen LogP contribution in [0.3, 0.4) is 0 Å². The van der Waals surface area contributed by atoms with E-state index in [0.29, 0.717) is 0 Å². The van der Waals surface area contributed by atoms with Gasteiger partial charge in [-0.1, -0.05) is 6.92 Å². The number of nitrogens with zero attached hydrogens (tertiary/aromatic N) is 2. The van der Waals surface area contributed by atoms with Crippen LogP contribution < -0.4 is 4.74 Å². The van der Waals surface area contributed by atoms with Crippen molar-refractivity contribution in [3.63, 3.8) is 0 Å². The van der Waals surface area contributed by atoms with Crippen LogP contribution in [0.1, 0.15) is 12.5 Å². The summed E-state index contributed by atoms with van der Waals surface area (Å²) in [6.45, 7) is 1.98. The predicted octanol–water partition coefficient (Wildman–Crippen LogP) is 2.21. The Morgan fingerprint density at radius 3 is 2.89 bits per heavy atom. The SMILES string of the molecule is CCc1cc(-c2cn(CC(=O)O)cn2)ccc1OC. The number of aryl methyl sites for hydroxylation is 1. The molecular formula is C14H16N2O3. The minimum Gasteiger partial charge on any atom is -0.496 e. The van der Waals surface area contributed by atoms with Gasteiger partial charge in [0, 0.05) is 11.8 Å². The van der Waals surface area contributed by atoms with Crippen molar-refractivity contribution in [2.45, 2.75) is 19.9 Å². The maximum atomic E-state index is 10.6. The van der Waals surface area contributed by atoms with Crippen LogP contribution in [0, 0.1) is 0 Å². The van der Waals surface area contributed by atoms with Crippen molar-refractivity contribution in [2.75, 3.05) is 7.11 Å². The second-order valence-corrected chi connectivity index (χ2v) is 4.21. The van der Waals surface area contributed by atoms with Crippen molar-refractivity contribution in [1.82, 2.24) is 9.55 Å². The number of methoxy groups -OCH3 is 1. The maximum Gasteiger partial charge on any atom is 0.323 e. The Bertz CT molecular complexity index is 590. The van der Waals surface area contributed by atoms with Crippen LogP contribution in [0.4, 0.5) is 0 Å². The Balaban J connectivity index is 2.31. The van der Waals surface area contributed by atoms with Crippen molar-refractivity contribution in [2.24, 2.45) is 0 Å². The number of ether oxygens (including phenoxy) is 1. The number of rotatable bonds is 5. The van der Waals surface area contributed by atoms with Gasteiger partial charge in [-0.15, -0.1) is 0 Å². The minimum atomic E-state index is -0.882. The Morgan fingerprint density at radius 1 is 1.47 bits per heavy atom. The first-order valence-electron chi connectivity index (χ1n) is 6.05. The molecule has 0 amide bonds. The highest BCUT2D eigenvalue weighted by Gasteiger charge is 2.08. The Morgan fingerprint density at radius 2 is 2.26 bits per heavy atom. The van der Waals surface area contributed by atoms with Crippen molar-refractivity contribution >= 4 is 5.97 Å². The highest BCUT2D eigenvalue weighted by molar-refractivity contribution is 5.67. The maximum absolute atomic E-state index is 10.6. The average Bonchev–Trinajstić information content (AvgIpc) is 2.85. The van der Waals surface area contributed by atoms with Crippen LogP contribution in [0.5, 0.6) is 5.75 Å². The molecule has 19 heavy (non-hydrogen) atoms. The second kappa shape index (κ2) is 5.56. The lowest BCUT2D eigenvalue weighted by molar-refractivity contribution is -0.137. The number of carboxylic acids is 1. The normalized spacial score (nSPS) is 10.4. The highest BCUT2D eigenvalue weighted by Crippen LogP contribution is 2.25. The zero-order valence-electron chi connectivity index (χ0n) is 11.0. The lowest BCUT2D eigenvalue weighted by Gasteiger charge is -2.07. The number of imidazole rings is 1. The summed E-state index contributed by atoms with van der Waals surface area (Å²) in [5, 5.41) is 8.73. The number of hydrogen-bond acceptors (Lipinski definition) is 3. The molecule has 0 saturated carbocycles. The monoisotopic (exact) mass is 260 g/mol. The number of hydrogen-bond donors (Lipinski definition) is 1. The van der Waals surface area contributed by atoms with Gasteiger partial charge in [0.05, 0.1) is 19.1 Å². The zero-order valence-corrected chi connectivity index (χ0v) is 11.0. The van der Waals surface area contributed by atoms with E-state index in [1.807, 2.05) is 18.2 Å². The highest BCUT2D eigenvalue weighted by atomic mass is 16.5. The molecule has 0 atom stereocenters. The molecule has 2 rings (SSSR count). The molecule has 0 unspecified atom stereocenters. The van der Waals surface area contributed by atoms with E-state index in [1.54, 1.807) is 17.9 Å². The van der Waals surface area contributed by atoms with Crippen LogP contribution in [-0.2, 0) is 17.8 Å². The van der Waals surface area contributed by atoms with Crippen LogP contribution in [-0.4, -0.2) is 27.7 Å². The van der Waals surface area contributed by atoms with E-state index in [-0.39, 0.29) is 6.54 Å². The third-order valence-electron chi connectivity index (χ3n) is 2.91. The first kappa shape index (κ1) is 13.1. The fraction of sp³-hybridized carbons (Fsp3) is 0.286. The van der Waals surface area contributed by atoms with Gasteiger partial charge in [0.25, 0.3) is 0 Å². The van der Waals surface area contributed by atoms with Gasteiger partial charge in [-0.25, -0.2) is 4.98 Å². The van der Waals surface area contributed by atoms with Gasteiger partial charge in [0.1, 0.15) is 12.3 Å². The quantitative estimate of drug-likeness (QED) is 0.895.